The third-order valence-corrected chi connectivity index (χ3v) is 2.78. The molecule has 0 radical (unpaired) electrons. The Labute approximate surface area is 91.5 Å². The maximum absolute atomic E-state index is 5.87. The molecule has 2 N–H and O–H groups in total. The van der Waals surface area contributed by atoms with Gasteiger partial charge in [0.05, 0.1) is 0 Å². The van der Waals surface area contributed by atoms with Crippen molar-refractivity contribution >= 4 is 18.5 Å². The van der Waals surface area contributed by atoms with Crippen LogP contribution in [0.1, 0.15) is 33.6 Å². The van der Waals surface area contributed by atoms with Gasteiger partial charge in [-0.1, -0.05) is 27.2 Å². The lowest BCUT2D eigenvalue weighted by Gasteiger charge is -2.24. The highest BCUT2D eigenvalue weighted by Gasteiger charge is 2.30. The summed E-state index contributed by atoms with van der Waals surface area (Å²) in [5.41, 5.74) is -0.0982. The van der Waals surface area contributed by atoms with E-state index < -0.39 is 0 Å². The van der Waals surface area contributed by atoms with E-state index in [2.05, 4.69) is 38.5 Å². The van der Waals surface area contributed by atoms with E-state index in [9.17, 15) is 0 Å². The zero-order valence-corrected chi connectivity index (χ0v) is 10.0. The first-order valence-corrected chi connectivity index (χ1v) is 5.66. The zero-order chi connectivity index (χ0) is 10.7. The van der Waals surface area contributed by atoms with Crippen LogP contribution in [0.4, 0.5) is 0 Å². The first-order chi connectivity index (χ1) is 6.57. The largest absolute Gasteiger partial charge is 0.263 e. The van der Waals surface area contributed by atoms with E-state index in [-0.39, 0.29) is 5.50 Å². The Morgan fingerprint density at radius 3 is 2.64 bits per heavy atom. The van der Waals surface area contributed by atoms with Gasteiger partial charge in [-0.3, -0.25) is 10.0 Å². The van der Waals surface area contributed by atoms with E-state index in [1.807, 2.05) is 5.01 Å². The molecule has 4 nitrogen and oxygen atoms in total. The van der Waals surface area contributed by atoms with Crippen molar-refractivity contribution in [1.29, 1.82) is 0 Å². The topological polar surface area (TPSA) is 44.9 Å². The molecule has 1 aliphatic rings. The van der Waals surface area contributed by atoms with Crippen LogP contribution in [0.3, 0.4) is 0 Å². The predicted molar refractivity (Wildman–Crippen MR) is 62.7 cm³/mol. The summed E-state index contributed by atoms with van der Waals surface area (Å²) in [5, 5.41) is 8.05. The molecule has 0 aliphatic carbocycles. The third-order valence-electron chi connectivity index (χ3n) is 2.27. The molecular formula is C9H20N4S. The molecular weight excluding hydrogens is 196 g/mol. The number of unbranched alkanes of at least 4 members (excludes halogenated alkanes) is 1. The summed E-state index contributed by atoms with van der Waals surface area (Å²) in [5.74, 6) is 7.14. The van der Waals surface area contributed by atoms with Gasteiger partial charge in [0.2, 0.25) is 0 Å². The van der Waals surface area contributed by atoms with Crippen LogP contribution in [0, 0.1) is 5.92 Å². The van der Waals surface area contributed by atoms with E-state index in [0.717, 1.165) is 25.2 Å². The molecule has 82 valence electrons. The Morgan fingerprint density at radius 2 is 2.21 bits per heavy atom. The Bertz CT molecular complexity index is 217. The average Bonchev–Trinajstić information content (AvgIpc) is 2.42. The summed E-state index contributed by atoms with van der Waals surface area (Å²) in [6, 6.07) is 0. The number of nitrogens with zero attached hydrogens (tertiary/aromatic N) is 3. The molecule has 1 aliphatic heterocycles. The molecule has 0 aromatic heterocycles. The number of hydrogen-bond donors (Lipinski definition) is 2. The Kier molecular flexibility index (Phi) is 4.07. The van der Waals surface area contributed by atoms with Crippen molar-refractivity contribution in [2.75, 3.05) is 6.54 Å². The summed E-state index contributed by atoms with van der Waals surface area (Å²) >= 11 is 4.42. The maximum Gasteiger partial charge on any atom is 0.178 e. The molecule has 1 rings (SSSR count). The van der Waals surface area contributed by atoms with Crippen LogP contribution < -0.4 is 5.84 Å². The third kappa shape index (κ3) is 2.33. The summed E-state index contributed by atoms with van der Waals surface area (Å²) in [4.78, 5) is 0. The standard InChI is InChI=1S/C9H20N4S/c1-4-5-6-12-9(14)13(10)8(11-12)7(2)3/h7,9,14H,4-6,10H2,1-3H3. The minimum atomic E-state index is -0.0982. The average molecular weight is 216 g/mol. The molecule has 0 aromatic carbocycles. The van der Waals surface area contributed by atoms with Crippen LogP contribution in [-0.2, 0) is 0 Å². The van der Waals surface area contributed by atoms with Crippen LogP contribution >= 0.6 is 12.6 Å². The number of hydrazine groups is 1. The highest BCUT2D eigenvalue weighted by atomic mass is 32.1. The smallest absolute Gasteiger partial charge is 0.178 e. The molecule has 0 amide bonds. The summed E-state index contributed by atoms with van der Waals surface area (Å²) in [7, 11) is 0. The first-order valence-electron chi connectivity index (χ1n) is 5.15. The maximum atomic E-state index is 5.87. The van der Waals surface area contributed by atoms with Gasteiger partial charge in [0, 0.05) is 12.5 Å². The van der Waals surface area contributed by atoms with E-state index in [1.54, 1.807) is 5.01 Å². The normalized spacial score (nSPS) is 22.1. The quantitative estimate of drug-likeness (QED) is 0.552. The molecule has 5 heteroatoms. The monoisotopic (exact) mass is 216 g/mol. The predicted octanol–water partition coefficient (Wildman–Crippen LogP) is 1.46. The highest BCUT2D eigenvalue weighted by molar-refractivity contribution is 7.80. The zero-order valence-electron chi connectivity index (χ0n) is 9.14. The first kappa shape index (κ1) is 11.7. The fourth-order valence-electron chi connectivity index (χ4n) is 1.40. The van der Waals surface area contributed by atoms with Crippen molar-refractivity contribution in [3.05, 3.63) is 0 Å². The molecule has 0 spiro atoms. The fourth-order valence-corrected chi connectivity index (χ4v) is 1.68. The van der Waals surface area contributed by atoms with Gasteiger partial charge in [-0.25, -0.2) is 5.84 Å². The number of nitrogens with two attached hydrogens (primary N) is 1. The van der Waals surface area contributed by atoms with Crippen molar-refractivity contribution in [3.8, 4) is 0 Å². The number of amidine groups is 1. The van der Waals surface area contributed by atoms with Gasteiger partial charge in [0.1, 0.15) is 5.84 Å². The van der Waals surface area contributed by atoms with Crippen molar-refractivity contribution in [1.82, 2.24) is 10.0 Å². The second kappa shape index (κ2) is 4.89. The SMILES string of the molecule is CCCCN1N=C(C(C)C)N(N)C1S. The van der Waals surface area contributed by atoms with Gasteiger partial charge in [-0.2, -0.15) is 5.10 Å². The molecule has 1 heterocycles. The van der Waals surface area contributed by atoms with Crippen LogP contribution in [-0.4, -0.2) is 27.9 Å². The van der Waals surface area contributed by atoms with Crippen LogP contribution in [0.15, 0.2) is 5.10 Å². The van der Waals surface area contributed by atoms with E-state index in [4.69, 9.17) is 5.84 Å². The molecule has 1 unspecified atom stereocenters. The van der Waals surface area contributed by atoms with Crippen molar-refractivity contribution in [2.45, 2.75) is 39.1 Å². The van der Waals surface area contributed by atoms with Gasteiger partial charge in [-0.15, -0.1) is 12.6 Å². The fraction of sp³-hybridized carbons (Fsp3) is 0.889. The van der Waals surface area contributed by atoms with Crippen molar-refractivity contribution in [2.24, 2.45) is 16.9 Å². The number of rotatable bonds is 4. The Balaban J connectivity index is 2.61. The van der Waals surface area contributed by atoms with Crippen molar-refractivity contribution < 1.29 is 0 Å². The van der Waals surface area contributed by atoms with Gasteiger partial charge in [-0.05, 0) is 6.42 Å². The van der Waals surface area contributed by atoms with Crippen molar-refractivity contribution in [3.63, 3.8) is 0 Å². The second-order valence-corrected chi connectivity index (χ2v) is 4.35. The van der Waals surface area contributed by atoms with E-state index >= 15 is 0 Å². The van der Waals surface area contributed by atoms with Crippen LogP contribution in [0.25, 0.3) is 0 Å². The number of thiol groups is 1. The lowest BCUT2D eigenvalue weighted by Crippen LogP contribution is -2.44. The van der Waals surface area contributed by atoms with Crippen LogP contribution in [0.2, 0.25) is 0 Å². The lowest BCUT2D eigenvalue weighted by molar-refractivity contribution is 0.204. The summed E-state index contributed by atoms with van der Waals surface area (Å²) in [6.45, 7) is 7.26. The van der Waals surface area contributed by atoms with E-state index in [1.165, 1.54) is 0 Å². The van der Waals surface area contributed by atoms with Gasteiger partial charge >= 0.3 is 0 Å². The highest BCUT2D eigenvalue weighted by Crippen LogP contribution is 2.20. The molecule has 0 saturated carbocycles. The van der Waals surface area contributed by atoms with Gasteiger partial charge in [0.25, 0.3) is 0 Å². The number of hydrazone groups is 1. The molecule has 14 heavy (non-hydrogen) atoms. The lowest BCUT2D eigenvalue weighted by atomic mass is 10.2. The molecule has 0 bridgehead atoms. The molecule has 0 saturated heterocycles. The Morgan fingerprint density at radius 1 is 1.57 bits per heavy atom. The molecule has 0 aromatic rings. The minimum absolute atomic E-state index is 0.0982. The van der Waals surface area contributed by atoms with Gasteiger partial charge in [0.15, 0.2) is 5.50 Å². The van der Waals surface area contributed by atoms with E-state index in [0.29, 0.717) is 5.92 Å². The minimum Gasteiger partial charge on any atom is -0.263 e. The Hall–Kier alpha value is -0.420. The van der Waals surface area contributed by atoms with Crippen LogP contribution in [0.5, 0.6) is 0 Å². The summed E-state index contributed by atoms with van der Waals surface area (Å²) < 4.78 is 0. The summed E-state index contributed by atoms with van der Waals surface area (Å²) in [6.07, 6.45) is 2.29. The second-order valence-electron chi connectivity index (χ2n) is 3.88. The van der Waals surface area contributed by atoms with Gasteiger partial charge < -0.3 is 0 Å². The number of hydrogen-bond acceptors (Lipinski definition) is 5. The molecule has 0 fully saturated rings. The molecule has 1 atom stereocenters.